The monoisotopic (exact) mass is 377 g/mol. The van der Waals surface area contributed by atoms with Crippen LogP contribution in [0.4, 0.5) is 5.82 Å². The summed E-state index contributed by atoms with van der Waals surface area (Å²) in [7, 11) is 0. The van der Waals surface area contributed by atoms with Crippen molar-refractivity contribution in [1.29, 1.82) is 0 Å². The number of carbonyl (C=O) groups is 2. The third-order valence-corrected chi connectivity index (χ3v) is 3.98. The van der Waals surface area contributed by atoms with Gasteiger partial charge in [0.1, 0.15) is 11.3 Å². The Labute approximate surface area is 159 Å². The highest BCUT2D eigenvalue weighted by atomic mass is 16.5. The number of anilines is 1. The second-order valence-corrected chi connectivity index (χ2v) is 6.06. The molecule has 4 rings (SSSR count). The van der Waals surface area contributed by atoms with Crippen LogP contribution in [0.5, 0.6) is 0 Å². The van der Waals surface area contributed by atoms with Gasteiger partial charge in [-0.2, -0.15) is 0 Å². The van der Waals surface area contributed by atoms with Crippen LogP contribution in [-0.2, 0) is 9.53 Å². The number of nitrogens with one attached hydrogen (secondary N) is 1. The number of aryl methyl sites for hydroxylation is 1. The molecule has 28 heavy (non-hydrogen) atoms. The van der Waals surface area contributed by atoms with Gasteiger partial charge >= 0.3 is 5.97 Å². The van der Waals surface area contributed by atoms with Gasteiger partial charge in [0, 0.05) is 11.6 Å². The number of amides is 1. The van der Waals surface area contributed by atoms with Crippen LogP contribution in [0.15, 0.2) is 63.6 Å². The molecule has 0 unspecified atom stereocenters. The Morgan fingerprint density at radius 2 is 1.86 bits per heavy atom. The Morgan fingerprint density at radius 3 is 2.61 bits per heavy atom. The highest BCUT2D eigenvalue weighted by molar-refractivity contribution is 6.00. The minimum absolute atomic E-state index is 0.261. The standard InChI is InChI=1S/C20H15N3O5/c1-12-9-17(23-27-12)21-18(24)11-26-20(25)14-7-8-16-15(10-14)19(28-22-16)13-5-3-2-4-6-13/h2-10H,11H2,1H3,(H,21,23,24). The number of benzene rings is 2. The highest BCUT2D eigenvalue weighted by Gasteiger charge is 2.16. The first-order chi connectivity index (χ1) is 13.6. The number of ether oxygens (including phenoxy) is 1. The van der Waals surface area contributed by atoms with Crippen molar-refractivity contribution in [2.45, 2.75) is 6.92 Å². The van der Waals surface area contributed by atoms with Crippen molar-refractivity contribution in [2.24, 2.45) is 0 Å². The van der Waals surface area contributed by atoms with E-state index in [2.05, 4.69) is 15.6 Å². The van der Waals surface area contributed by atoms with E-state index in [-0.39, 0.29) is 11.4 Å². The molecule has 8 nitrogen and oxygen atoms in total. The highest BCUT2D eigenvalue weighted by Crippen LogP contribution is 2.29. The van der Waals surface area contributed by atoms with Gasteiger partial charge in [0.05, 0.1) is 10.9 Å². The summed E-state index contributed by atoms with van der Waals surface area (Å²) in [6.07, 6.45) is 0. The minimum atomic E-state index is -0.631. The van der Waals surface area contributed by atoms with Crippen molar-refractivity contribution in [3.63, 3.8) is 0 Å². The number of rotatable bonds is 5. The van der Waals surface area contributed by atoms with Gasteiger partial charge in [0.15, 0.2) is 18.2 Å². The molecule has 0 radical (unpaired) electrons. The summed E-state index contributed by atoms with van der Waals surface area (Å²) in [5.41, 5.74) is 1.75. The van der Waals surface area contributed by atoms with Crippen LogP contribution in [0.25, 0.3) is 22.2 Å². The van der Waals surface area contributed by atoms with E-state index in [1.807, 2.05) is 30.3 Å². The molecule has 2 heterocycles. The Bertz CT molecular complexity index is 1150. The Kier molecular flexibility index (Phi) is 4.59. The van der Waals surface area contributed by atoms with E-state index < -0.39 is 18.5 Å². The van der Waals surface area contributed by atoms with E-state index >= 15 is 0 Å². The maximum absolute atomic E-state index is 12.3. The molecule has 0 fully saturated rings. The number of hydrogen-bond acceptors (Lipinski definition) is 7. The average molecular weight is 377 g/mol. The van der Waals surface area contributed by atoms with Crippen LogP contribution in [-0.4, -0.2) is 28.8 Å². The van der Waals surface area contributed by atoms with Crippen LogP contribution in [0.1, 0.15) is 16.1 Å². The van der Waals surface area contributed by atoms with E-state index in [1.165, 1.54) is 0 Å². The van der Waals surface area contributed by atoms with Crippen LogP contribution in [0, 0.1) is 6.92 Å². The van der Waals surface area contributed by atoms with Gasteiger partial charge in [0.2, 0.25) is 0 Å². The summed E-state index contributed by atoms with van der Waals surface area (Å²) in [6.45, 7) is 1.26. The quantitative estimate of drug-likeness (QED) is 0.530. The fourth-order valence-electron chi connectivity index (χ4n) is 2.68. The second-order valence-electron chi connectivity index (χ2n) is 6.06. The van der Waals surface area contributed by atoms with E-state index in [0.717, 1.165) is 5.56 Å². The van der Waals surface area contributed by atoms with Crippen molar-refractivity contribution < 1.29 is 23.4 Å². The molecule has 2 aromatic carbocycles. The van der Waals surface area contributed by atoms with E-state index in [4.69, 9.17) is 13.8 Å². The summed E-state index contributed by atoms with van der Waals surface area (Å²) in [5, 5.41) is 10.8. The topological polar surface area (TPSA) is 107 Å². The van der Waals surface area contributed by atoms with Crippen LogP contribution in [0.3, 0.4) is 0 Å². The van der Waals surface area contributed by atoms with Crippen LogP contribution >= 0.6 is 0 Å². The second kappa shape index (κ2) is 7.36. The Morgan fingerprint density at radius 1 is 1.04 bits per heavy atom. The van der Waals surface area contributed by atoms with Crippen molar-refractivity contribution in [1.82, 2.24) is 10.3 Å². The number of carbonyl (C=O) groups excluding carboxylic acids is 2. The molecule has 0 aliphatic rings. The first kappa shape index (κ1) is 17.5. The normalized spacial score (nSPS) is 10.8. The first-order valence-corrected chi connectivity index (χ1v) is 8.45. The molecular formula is C20H15N3O5. The van der Waals surface area contributed by atoms with Gasteiger partial charge in [0.25, 0.3) is 5.91 Å². The molecular weight excluding hydrogens is 362 g/mol. The number of hydrogen-bond donors (Lipinski definition) is 1. The number of fused-ring (bicyclic) bond motifs is 1. The summed E-state index contributed by atoms with van der Waals surface area (Å²) in [6, 6.07) is 15.9. The van der Waals surface area contributed by atoms with Crippen molar-refractivity contribution in [2.75, 3.05) is 11.9 Å². The van der Waals surface area contributed by atoms with Gasteiger partial charge in [-0.15, -0.1) is 0 Å². The zero-order valence-corrected chi connectivity index (χ0v) is 14.8. The minimum Gasteiger partial charge on any atom is -0.452 e. The van der Waals surface area contributed by atoms with Crippen molar-refractivity contribution in [3.8, 4) is 11.3 Å². The molecule has 1 N–H and O–H groups in total. The lowest BCUT2D eigenvalue weighted by Gasteiger charge is -2.05. The molecule has 0 spiro atoms. The predicted octanol–water partition coefficient (Wildman–Crippen LogP) is 3.59. The molecule has 2 aromatic heterocycles. The summed E-state index contributed by atoms with van der Waals surface area (Å²) in [5.74, 6) is 0.233. The fraction of sp³-hybridized carbons (Fsp3) is 0.100. The smallest absolute Gasteiger partial charge is 0.338 e. The number of aromatic nitrogens is 2. The summed E-state index contributed by atoms with van der Waals surface area (Å²) in [4.78, 5) is 24.2. The lowest BCUT2D eigenvalue weighted by Crippen LogP contribution is -2.21. The van der Waals surface area contributed by atoms with Crippen LogP contribution < -0.4 is 5.32 Å². The van der Waals surface area contributed by atoms with E-state index in [0.29, 0.717) is 22.4 Å². The van der Waals surface area contributed by atoms with Crippen molar-refractivity contribution >= 4 is 28.6 Å². The molecule has 0 aliphatic heterocycles. The van der Waals surface area contributed by atoms with Gasteiger partial charge in [-0.3, -0.25) is 4.79 Å². The fourth-order valence-corrected chi connectivity index (χ4v) is 2.68. The molecule has 140 valence electrons. The maximum atomic E-state index is 12.3. The molecule has 0 saturated carbocycles. The molecule has 8 heteroatoms. The molecule has 0 atom stereocenters. The lowest BCUT2D eigenvalue weighted by molar-refractivity contribution is -0.119. The van der Waals surface area contributed by atoms with Gasteiger partial charge in [-0.05, 0) is 25.1 Å². The Hall–Kier alpha value is -3.94. The van der Waals surface area contributed by atoms with Crippen LogP contribution in [0.2, 0.25) is 0 Å². The molecule has 0 saturated heterocycles. The maximum Gasteiger partial charge on any atom is 0.338 e. The largest absolute Gasteiger partial charge is 0.452 e. The SMILES string of the molecule is Cc1cc(NC(=O)COC(=O)c2ccc3noc(-c4ccccc4)c3c2)no1. The summed E-state index contributed by atoms with van der Waals surface area (Å²) < 4.78 is 15.4. The van der Waals surface area contributed by atoms with E-state index in [1.54, 1.807) is 31.2 Å². The number of esters is 1. The van der Waals surface area contributed by atoms with Gasteiger partial charge in [-0.1, -0.05) is 40.6 Å². The number of nitrogens with zero attached hydrogens (tertiary/aromatic N) is 2. The molecule has 0 bridgehead atoms. The zero-order chi connectivity index (χ0) is 19.5. The molecule has 4 aromatic rings. The third kappa shape index (κ3) is 3.61. The lowest BCUT2D eigenvalue weighted by atomic mass is 10.1. The zero-order valence-electron chi connectivity index (χ0n) is 14.8. The third-order valence-electron chi connectivity index (χ3n) is 3.98. The van der Waals surface area contributed by atoms with E-state index in [9.17, 15) is 9.59 Å². The molecule has 0 aliphatic carbocycles. The predicted molar refractivity (Wildman–Crippen MR) is 99.6 cm³/mol. The van der Waals surface area contributed by atoms with Gasteiger partial charge < -0.3 is 19.1 Å². The first-order valence-electron chi connectivity index (χ1n) is 8.45. The Balaban J connectivity index is 1.47. The van der Waals surface area contributed by atoms with Crippen molar-refractivity contribution in [3.05, 3.63) is 65.9 Å². The molecule has 1 amide bonds. The average Bonchev–Trinajstić information content (AvgIpc) is 3.32. The van der Waals surface area contributed by atoms with Gasteiger partial charge in [-0.25, -0.2) is 4.79 Å². The summed E-state index contributed by atoms with van der Waals surface area (Å²) >= 11 is 0.